The number of phenolic OH excluding ortho intramolecular Hbond substituents is 1. The van der Waals surface area contributed by atoms with Crippen LogP contribution in [-0.4, -0.2) is 17.0 Å². The Bertz CT molecular complexity index is 468. The van der Waals surface area contributed by atoms with E-state index in [9.17, 15) is 5.11 Å². The summed E-state index contributed by atoms with van der Waals surface area (Å²) >= 11 is 0. The molecule has 0 bridgehead atoms. The molecule has 0 amide bonds. The number of hydrogen-bond donors (Lipinski definition) is 1. The van der Waals surface area contributed by atoms with Crippen molar-refractivity contribution in [3.05, 3.63) is 29.4 Å². The van der Waals surface area contributed by atoms with Gasteiger partial charge in [0.1, 0.15) is 0 Å². The van der Waals surface area contributed by atoms with E-state index in [2.05, 4.69) is 4.98 Å². The van der Waals surface area contributed by atoms with E-state index in [1.54, 1.807) is 6.20 Å². The van der Waals surface area contributed by atoms with Crippen molar-refractivity contribution in [3.63, 3.8) is 0 Å². The number of aromatic nitrogens is 1. The predicted octanol–water partition coefficient (Wildman–Crippen LogP) is 1.90. The monoisotopic (exact) mass is 171 g/mol. The second kappa shape index (κ2) is 2.84. The number of benzene rings is 1. The van der Waals surface area contributed by atoms with E-state index in [0.717, 1.165) is 16.4 Å². The number of phenols is 1. The molecule has 2 nitrogen and oxygen atoms in total. The molecule has 0 aliphatic heterocycles. The molecule has 1 N–H and O–H groups in total. The Morgan fingerprint density at radius 3 is 2.85 bits per heavy atom. The van der Waals surface area contributed by atoms with Crippen LogP contribution in [0, 0.1) is 13.8 Å². The molecule has 2 aromatic rings. The molecule has 0 spiro atoms. The summed E-state index contributed by atoms with van der Waals surface area (Å²) in [6.45, 7) is 5.88. The van der Waals surface area contributed by atoms with Gasteiger partial charge in [-0.15, -0.1) is 0 Å². The molecule has 0 radical (unpaired) electrons. The fraction of sp³-hybridized carbons (Fsp3) is 0.200. The summed E-state index contributed by atoms with van der Waals surface area (Å²) in [4.78, 5) is 4.15. The quantitative estimate of drug-likeness (QED) is 0.656. The zero-order valence-electron chi connectivity index (χ0n) is 7.70. The third kappa shape index (κ3) is 1.20. The fourth-order valence-electron chi connectivity index (χ4n) is 1.57. The van der Waals surface area contributed by atoms with Crippen molar-refractivity contribution in [2.75, 3.05) is 0 Å². The minimum absolute atomic E-state index is 0.293. The first-order valence-electron chi connectivity index (χ1n) is 4.24. The minimum atomic E-state index is 0.293. The molecule has 0 saturated carbocycles. The van der Waals surface area contributed by atoms with E-state index in [0.29, 0.717) is 11.3 Å². The summed E-state index contributed by atoms with van der Waals surface area (Å²) in [6, 6.07) is 1.97. The topological polar surface area (TPSA) is 33.1 Å². The van der Waals surface area contributed by atoms with E-state index in [1.807, 2.05) is 32.8 Å². The van der Waals surface area contributed by atoms with Crippen LogP contribution < -0.4 is 0 Å². The summed E-state index contributed by atoms with van der Waals surface area (Å²) in [5.41, 5.74) is 2.72. The molecule has 1 aromatic heterocycles. The van der Waals surface area contributed by atoms with Crippen LogP contribution in [0.15, 0.2) is 18.2 Å². The van der Waals surface area contributed by atoms with E-state index >= 15 is 0 Å². The molecule has 2 rings (SSSR count). The summed E-state index contributed by atoms with van der Waals surface area (Å²) in [5, 5.41) is 10.7. The maximum absolute atomic E-state index is 9.72. The molecule has 1 heterocycles. The number of nitrogens with zero attached hydrogens (tertiary/aromatic N) is 1. The van der Waals surface area contributed by atoms with Crippen molar-refractivity contribution < 1.29 is 5.11 Å². The molecule has 0 aliphatic rings. The second-order valence-corrected chi connectivity index (χ2v) is 3.26. The third-order valence-corrected chi connectivity index (χ3v) is 2.26. The maximum atomic E-state index is 9.72. The molecular formula is C10H10BNO. The number of hydrogen-bond acceptors (Lipinski definition) is 2. The predicted molar refractivity (Wildman–Crippen MR) is 54.2 cm³/mol. The zero-order valence-corrected chi connectivity index (χ0v) is 7.70. The average molecular weight is 171 g/mol. The van der Waals surface area contributed by atoms with Gasteiger partial charge in [-0.3, -0.25) is 0 Å². The van der Waals surface area contributed by atoms with E-state index in [1.165, 1.54) is 0 Å². The summed E-state index contributed by atoms with van der Waals surface area (Å²) in [6.07, 6.45) is 1.70. The Kier molecular flexibility index (Phi) is 1.80. The molecule has 0 fully saturated rings. The molecule has 13 heavy (non-hydrogen) atoms. The van der Waals surface area contributed by atoms with Crippen LogP contribution in [0.2, 0.25) is 0 Å². The first kappa shape index (κ1) is 8.23. The Morgan fingerprint density at radius 2 is 2.08 bits per heavy atom. The van der Waals surface area contributed by atoms with Crippen LogP contribution in [0.1, 0.15) is 11.1 Å². The van der Waals surface area contributed by atoms with Crippen molar-refractivity contribution >= 4 is 17.7 Å². The van der Waals surface area contributed by atoms with Gasteiger partial charge < -0.3 is 0 Å². The van der Waals surface area contributed by atoms with Crippen molar-refractivity contribution in [3.8, 4) is 5.75 Å². The third-order valence-electron chi connectivity index (χ3n) is 2.26. The van der Waals surface area contributed by atoms with Crippen LogP contribution >= 0.6 is 0 Å². The number of aromatic hydroxyl groups is 1. The van der Waals surface area contributed by atoms with Crippen molar-refractivity contribution in [2.24, 2.45) is 0 Å². The zero-order chi connectivity index (χ0) is 9.42. The van der Waals surface area contributed by atoms with Gasteiger partial charge in [0.05, 0.1) is 0 Å². The molecule has 0 atom stereocenters. The van der Waals surface area contributed by atoms with Crippen molar-refractivity contribution in [1.29, 1.82) is 0 Å². The molecule has 0 unspecified atom stereocenters. The number of fused-ring (bicyclic) bond motifs is 1. The molecule has 1 aromatic carbocycles. The van der Waals surface area contributed by atoms with Crippen LogP contribution in [0.25, 0.3) is 10.8 Å². The van der Waals surface area contributed by atoms with Crippen LogP contribution in [0.3, 0.4) is 0 Å². The second-order valence-electron chi connectivity index (χ2n) is 3.26. The standard InChI is InChI=1S/C10H10BNO/c1-6-5-7(2)10(13)9-8(6)11-3-4-12-9/h3-5,13H,1-2H3. The molecule has 0 aliphatic carbocycles. The van der Waals surface area contributed by atoms with Gasteiger partial charge >= 0.3 is 76.7 Å². The Balaban J connectivity index is 2.97. The Hall–Kier alpha value is -1.38. The summed E-state index contributed by atoms with van der Waals surface area (Å²) in [5.74, 6) is 2.17. The van der Waals surface area contributed by atoms with Gasteiger partial charge in [0.15, 0.2) is 0 Å². The van der Waals surface area contributed by atoms with E-state index in [-0.39, 0.29) is 0 Å². The van der Waals surface area contributed by atoms with Crippen molar-refractivity contribution in [2.45, 2.75) is 13.8 Å². The fourth-order valence-corrected chi connectivity index (χ4v) is 1.57. The summed E-state index contributed by atoms with van der Waals surface area (Å²) < 4.78 is 0. The van der Waals surface area contributed by atoms with E-state index in [4.69, 9.17) is 0 Å². The number of aryl methyl sites for hydroxylation is 2. The van der Waals surface area contributed by atoms with Crippen LogP contribution in [0.5, 0.6) is 5.75 Å². The van der Waals surface area contributed by atoms with Gasteiger partial charge in [0.25, 0.3) is 0 Å². The van der Waals surface area contributed by atoms with Gasteiger partial charge in [-0.05, 0) is 0 Å². The van der Waals surface area contributed by atoms with Gasteiger partial charge in [-0.2, -0.15) is 0 Å². The van der Waals surface area contributed by atoms with Crippen molar-refractivity contribution in [1.82, 2.24) is 4.98 Å². The SMILES string of the molecule is Cc1cc(C)c2bccnc2c1O. The summed E-state index contributed by atoms with van der Waals surface area (Å²) in [7, 11) is 0. The van der Waals surface area contributed by atoms with Gasteiger partial charge in [0.2, 0.25) is 0 Å². The van der Waals surface area contributed by atoms with Gasteiger partial charge in [-0.25, -0.2) is 0 Å². The Labute approximate surface area is 77.5 Å². The normalized spacial score (nSPS) is 10.3. The average Bonchev–Trinajstić information content (AvgIpc) is 2.15. The van der Waals surface area contributed by atoms with Crippen LogP contribution in [-0.2, 0) is 0 Å². The number of rotatable bonds is 0. The van der Waals surface area contributed by atoms with Gasteiger partial charge in [0, 0.05) is 0 Å². The Morgan fingerprint density at radius 1 is 1.31 bits per heavy atom. The van der Waals surface area contributed by atoms with Gasteiger partial charge in [-0.1, -0.05) is 0 Å². The molecule has 0 saturated heterocycles. The molecule has 64 valence electrons. The van der Waals surface area contributed by atoms with E-state index < -0.39 is 0 Å². The first-order valence-corrected chi connectivity index (χ1v) is 4.24. The molecular weight excluding hydrogens is 161 g/mol. The molecule has 3 heteroatoms. The van der Waals surface area contributed by atoms with Crippen LogP contribution in [0.4, 0.5) is 0 Å². The first-order chi connectivity index (χ1) is 6.20.